The molecule has 0 aliphatic heterocycles. The summed E-state index contributed by atoms with van der Waals surface area (Å²) in [6.45, 7) is 3.95. The van der Waals surface area contributed by atoms with Gasteiger partial charge in [-0.2, -0.15) is 0 Å². The Balaban J connectivity index is 1.61. The molecule has 2 aliphatic carbocycles. The third-order valence-electron chi connectivity index (χ3n) is 4.38. The third-order valence-corrected chi connectivity index (χ3v) is 4.38. The molecule has 0 atom stereocenters. The first-order valence-electron chi connectivity index (χ1n) is 7.49. The van der Waals surface area contributed by atoms with Gasteiger partial charge in [0.2, 0.25) is 0 Å². The van der Waals surface area contributed by atoms with E-state index in [-0.39, 0.29) is 0 Å². The molecule has 3 heteroatoms. The molecule has 3 rings (SSSR count). The minimum absolute atomic E-state index is 0.606. The van der Waals surface area contributed by atoms with Crippen LogP contribution in [0.25, 0.3) is 0 Å². The lowest BCUT2D eigenvalue weighted by Crippen LogP contribution is -2.17. The Morgan fingerprint density at radius 1 is 1.32 bits per heavy atom. The zero-order valence-electron chi connectivity index (χ0n) is 11.7. The Labute approximate surface area is 115 Å². The van der Waals surface area contributed by atoms with Crippen molar-refractivity contribution in [2.75, 3.05) is 24.2 Å². The van der Waals surface area contributed by atoms with Crippen molar-refractivity contribution >= 4 is 11.4 Å². The van der Waals surface area contributed by atoms with Crippen molar-refractivity contribution in [3.63, 3.8) is 0 Å². The van der Waals surface area contributed by atoms with Crippen LogP contribution >= 0.6 is 0 Å². The molecule has 0 saturated heterocycles. The van der Waals surface area contributed by atoms with Crippen LogP contribution in [0.3, 0.4) is 0 Å². The standard InChI is InChI=1S/C16H24N2O/c1-2-7-19-15-9-13(17)8-14(10-15)18-11-16(5-6-16)12-3-4-12/h8-10,12,18H,2-7,11,17H2,1H3. The fourth-order valence-corrected chi connectivity index (χ4v) is 2.89. The van der Waals surface area contributed by atoms with Gasteiger partial charge in [0.05, 0.1) is 6.61 Å². The van der Waals surface area contributed by atoms with Crippen LogP contribution < -0.4 is 15.8 Å². The van der Waals surface area contributed by atoms with Gasteiger partial charge < -0.3 is 15.8 Å². The zero-order chi connectivity index (χ0) is 13.3. The molecule has 0 heterocycles. The molecule has 1 aromatic carbocycles. The number of hydrogen-bond acceptors (Lipinski definition) is 3. The first-order valence-corrected chi connectivity index (χ1v) is 7.49. The first kappa shape index (κ1) is 12.6. The summed E-state index contributed by atoms with van der Waals surface area (Å²) in [6, 6.07) is 5.96. The second kappa shape index (κ2) is 4.95. The van der Waals surface area contributed by atoms with Gasteiger partial charge in [-0.05, 0) is 49.5 Å². The summed E-state index contributed by atoms with van der Waals surface area (Å²) < 4.78 is 5.66. The highest BCUT2D eigenvalue weighted by Crippen LogP contribution is 2.61. The molecule has 3 N–H and O–H groups in total. The molecule has 0 bridgehead atoms. The summed E-state index contributed by atoms with van der Waals surface area (Å²) in [5, 5.41) is 3.57. The molecule has 19 heavy (non-hydrogen) atoms. The average Bonchev–Trinajstić information content (AvgIpc) is 3.26. The molecular weight excluding hydrogens is 236 g/mol. The lowest BCUT2D eigenvalue weighted by atomic mass is 10.0. The van der Waals surface area contributed by atoms with Crippen molar-refractivity contribution in [3.8, 4) is 5.75 Å². The maximum Gasteiger partial charge on any atom is 0.123 e. The minimum atomic E-state index is 0.606. The van der Waals surface area contributed by atoms with E-state index in [1.807, 2.05) is 12.1 Å². The number of rotatable bonds is 7. The van der Waals surface area contributed by atoms with Crippen LogP contribution in [0.1, 0.15) is 39.0 Å². The number of nitrogen functional groups attached to an aromatic ring is 1. The van der Waals surface area contributed by atoms with E-state index in [0.29, 0.717) is 5.41 Å². The summed E-state index contributed by atoms with van der Waals surface area (Å²) in [7, 11) is 0. The Morgan fingerprint density at radius 3 is 2.74 bits per heavy atom. The molecule has 2 saturated carbocycles. The minimum Gasteiger partial charge on any atom is -0.493 e. The van der Waals surface area contributed by atoms with Crippen molar-refractivity contribution in [2.45, 2.75) is 39.0 Å². The van der Waals surface area contributed by atoms with Crippen LogP contribution in [-0.2, 0) is 0 Å². The van der Waals surface area contributed by atoms with Gasteiger partial charge in [-0.1, -0.05) is 6.92 Å². The van der Waals surface area contributed by atoms with Crippen LogP contribution in [0.2, 0.25) is 0 Å². The summed E-state index contributed by atoms with van der Waals surface area (Å²) in [6.07, 6.45) is 6.67. The second-order valence-corrected chi connectivity index (χ2v) is 6.13. The fraction of sp³-hybridized carbons (Fsp3) is 0.625. The molecule has 0 radical (unpaired) electrons. The molecule has 0 aromatic heterocycles. The van der Waals surface area contributed by atoms with E-state index in [1.54, 1.807) is 0 Å². The predicted octanol–water partition coefficient (Wildman–Crippen LogP) is 3.66. The summed E-state index contributed by atoms with van der Waals surface area (Å²) in [5.41, 5.74) is 8.41. The summed E-state index contributed by atoms with van der Waals surface area (Å²) >= 11 is 0. The van der Waals surface area contributed by atoms with Gasteiger partial charge in [0, 0.05) is 30.1 Å². The molecule has 3 nitrogen and oxygen atoms in total. The SMILES string of the molecule is CCCOc1cc(N)cc(NCC2(C3CC3)CC2)c1. The number of anilines is 2. The van der Waals surface area contributed by atoms with Crippen LogP contribution in [0.4, 0.5) is 11.4 Å². The van der Waals surface area contributed by atoms with E-state index in [2.05, 4.69) is 18.3 Å². The molecule has 104 valence electrons. The van der Waals surface area contributed by atoms with Gasteiger partial charge >= 0.3 is 0 Å². The fourth-order valence-electron chi connectivity index (χ4n) is 2.89. The molecule has 0 unspecified atom stereocenters. The average molecular weight is 260 g/mol. The van der Waals surface area contributed by atoms with Gasteiger partial charge in [-0.15, -0.1) is 0 Å². The van der Waals surface area contributed by atoms with Crippen molar-refractivity contribution in [1.29, 1.82) is 0 Å². The maximum absolute atomic E-state index is 5.94. The van der Waals surface area contributed by atoms with Crippen LogP contribution in [0.15, 0.2) is 18.2 Å². The molecule has 0 amide bonds. The Bertz CT molecular complexity index is 450. The van der Waals surface area contributed by atoms with Crippen LogP contribution in [-0.4, -0.2) is 13.2 Å². The summed E-state index contributed by atoms with van der Waals surface area (Å²) in [4.78, 5) is 0. The second-order valence-electron chi connectivity index (χ2n) is 6.13. The van der Waals surface area contributed by atoms with Gasteiger partial charge in [-0.25, -0.2) is 0 Å². The number of nitrogens with one attached hydrogen (secondary N) is 1. The highest BCUT2D eigenvalue weighted by Gasteiger charge is 2.53. The molecule has 0 spiro atoms. The summed E-state index contributed by atoms with van der Waals surface area (Å²) in [5.74, 6) is 1.86. The number of nitrogens with two attached hydrogens (primary N) is 1. The van der Waals surface area contributed by atoms with Crippen molar-refractivity contribution in [2.24, 2.45) is 11.3 Å². The number of ether oxygens (including phenoxy) is 1. The predicted molar refractivity (Wildman–Crippen MR) is 79.5 cm³/mol. The van der Waals surface area contributed by atoms with Gasteiger partial charge in [0.25, 0.3) is 0 Å². The van der Waals surface area contributed by atoms with E-state index < -0.39 is 0 Å². The third kappa shape index (κ3) is 2.96. The van der Waals surface area contributed by atoms with Gasteiger partial charge in [0.15, 0.2) is 0 Å². The molecule has 2 fully saturated rings. The lowest BCUT2D eigenvalue weighted by molar-refractivity contribution is 0.317. The normalized spacial score (nSPS) is 20.1. The lowest BCUT2D eigenvalue weighted by Gasteiger charge is -2.17. The highest BCUT2D eigenvalue weighted by molar-refractivity contribution is 5.59. The largest absolute Gasteiger partial charge is 0.493 e. The quantitative estimate of drug-likeness (QED) is 0.735. The van der Waals surface area contributed by atoms with E-state index in [4.69, 9.17) is 10.5 Å². The van der Waals surface area contributed by atoms with Crippen LogP contribution in [0, 0.1) is 11.3 Å². The zero-order valence-corrected chi connectivity index (χ0v) is 11.7. The molecule has 2 aliphatic rings. The van der Waals surface area contributed by atoms with Crippen molar-refractivity contribution in [3.05, 3.63) is 18.2 Å². The molecular formula is C16H24N2O. The van der Waals surface area contributed by atoms with E-state index in [1.165, 1.54) is 25.7 Å². The molecule has 1 aromatic rings. The van der Waals surface area contributed by atoms with Gasteiger partial charge in [-0.3, -0.25) is 0 Å². The van der Waals surface area contributed by atoms with E-state index in [9.17, 15) is 0 Å². The Kier molecular flexibility index (Phi) is 3.29. The monoisotopic (exact) mass is 260 g/mol. The first-order chi connectivity index (χ1) is 9.22. The van der Waals surface area contributed by atoms with E-state index in [0.717, 1.165) is 42.6 Å². The van der Waals surface area contributed by atoms with Crippen molar-refractivity contribution in [1.82, 2.24) is 0 Å². The van der Waals surface area contributed by atoms with E-state index >= 15 is 0 Å². The number of hydrogen-bond donors (Lipinski definition) is 2. The smallest absolute Gasteiger partial charge is 0.123 e. The number of benzene rings is 1. The van der Waals surface area contributed by atoms with Crippen molar-refractivity contribution < 1.29 is 4.74 Å². The Morgan fingerprint density at radius 2 is 2.11 bits per heavy atom. The topological polar surface area (TPSA) is 47.3 Å². The maximum atomic E-state index is 5.94. The van der Waals surface area contributed by atoms with Gasteiger partial charge in [0.1, 0.15) is 5.75 Å². The highest BCUT2D eigenvalue weighted by atomic mass is 16.5. The Hall–Kier alpha value is -1.38. The van der Waals surface area contributed by atoms with Crippen LogP contribution in [0.5, 0.6) is 5.75 Å².